The van der Waals surface area contributed by atoms with Crippen LogP contribution in [-0.4, -0.2) is 23.4 Å². The fourth-order valence-electron chi connectivity index (χ4n) is 2.14. The quantitative estimate of drug-likeness (QED) is 0.743. The summed E-state index contributed by atoms with van der Waals surface area (Å²) in [5, 5.41) is 5.43. The maximum atomic E-state index is 11.8. The summed E-state index contributed by atoms with van der Waals surface area (Å²) >= 11 is 0. The number of ether oxygens (including phenoxy) is 2. The number of amides is 2. The van der Waals surface area contributed by atoms with Gasteiger partial charge in [-0.1, -0.05) is 18.2 Å². The molecule has 0 aliphatic carbocycles. The van der Waals surface area contributed by atoms with E-state index < -0.39 is 23.4 Å². The van der Waals surface area contributed by atoms with Gasteiger partial charge in [-0.25, -0.2) is 9.59 Å². The number of carbonyl (C=O) groups excluding carboxylic acids is 2. The van der Waals surface area contributed by atoms with Crippen molar-refractivity contribution < 1.29 is 19.1 Å². The third-order valence-electron chi connectivity index (χ3n) is 3.02. The smallest absolute Gasteiger partial charge is 0.407 e. The monoisotopic (exact) mass is 365 g/mol. The third-order valence-corrected chi connectivity index (χ3v) is 3.02. The van der Waals surface area contributed by atoms with E-state index in [-0.39, 0.29) is 0 Å². The lowest BCUT2D eigenvalue weighted by atomic mass is 10.1. The van der Waals surface area contributed by atoms with Crippen LogP contribution in [0.3, 0.4) is 0 Å². The lowest BCUT2D eigenvalue weighted by molar-refractivity contribution is 0.0513. The molecule has 4 N–H and O–H groups in total. The van der Waals surface area contributed by atoms with Crippen molar-refractivity contribution in [3.8, 4) is 0 Å². The van der Waals surface area contributed by atoms with Crippen molar-refractivity contribution in [1.82, 2.24) is 10.6 Å². The van der Waals surface area contributed by atoms with E-state index in [1.807, 2.05) is 59.7 Å². The molecule has 0 heterocycles. The first-order valence-electron chi connectivity index (χ1n) is 8.63. The zero-order valence-corrected chi connectivity index (χ0v) is 16.6. The van der Waals surface area contributed by atoms with Crippen LogP contribution < -0.4 is 16.4 Å². The SMILES string of the molecule is CC(C)(C)OC(=O)NCc1cc(CN)cc(CNC(=O)OC(C)(C)C)c1. The highest BCUT2D eigenvalue weighted by atomic mass is 16.6. The number of hydrogen-bond donors (Lipinski definition) is 3. The summed E-state index contributed by atoms with van der Waals surface area (Å²) in [6, 6.07) is 5.72. The first-order valence-corrected chi connectivity index (χ1v) is 8.63. The number of benzene rings is 1. The van der Waals surface area contributed by atoms with Crippen LogP contribution >= 0.6 is 0 Å². The molecule has 2 amide bonds. The van der Waals surface area contributed by atoms with Crippen molar-refractivity contribution in [3.05, 3.63) is 34.9 Å². The Labute approximate surface area is 155 Å². The number of rotatable bonds is 5. The topological polar surface area (TPSA) is 103 Å². The number of nitrogens with two attached hydrogens (primary N) is 1. The molecule has 1 aromatic carbocycles. The van der Waals surface area contributed by atoms with Gasteiger partial charge in [0.25, 0.3) is 0 Å². The molecule has 0 spiro atoms. The van der Waals surface area contributed by atoms with Gasteiger partial charge in [0.05, 0.1) is 0 Å². The van der Waals surface area contributed by atoms with E-state index in [9.17, 15) is 9.59 Å². The standard InChI is InChI=1S/C19H31N3O4/c1-18(2,3)25-16(23)21-11-14-7-13(10-20)8-15(9-14)12-22-17(24)26-19(4,5)6/h7-9H,10-12,20H2,1-6H3,(H,21,23)(H,22,24). The molecular weight excluding hydrogens is 334 g/mol. The minimum atomic E-state index is -0.550. The highest BCUT2D eigenvalue weighted by Crippen LogP contribution is 2.12. The van der Waals surface area contributed by atoms with Crippen LogP contribution in [-0.2, 0) is 29.1 Å². The molecule has 0 bridgehead atoms. The third kappa shape index (κ3) is 9.27. The van der Waals surface area contributed by atoms with Crippen LogP contribution in [0.1, 0.15) is 58.2 Å². The van der Waals surface area contributed by atoms with E-state index in [0.29, 0.717) is 19.6 Å². The molecule has 0 aliphatic heterocycles. The van der Waals surface area contributed by atoms with Crippen LogP contribution in [0.2, 0.25) is 0 Å². The summed E-state index contributed by atoms with van der Waals surface area (Å²) < 4.78 is 10.4. The van der Waals surface area contributed by atoms with E-state index in [1.165, 1.54) is 0 Å². The lowest BCUT2D eigenvalue weighted by Gasteiger charge is -2.20. The van der Waals surface area contributed by atoms with Crippen molar-refractivity contribution in [3.63, 3.8) is 0 Å². The zero-order valence-electron chi connectivity index (χ0n) is 16.6. The van der Waals surface area contributed by atoms with E-state index in [1.54, 1.807) is 0 Å². The summed E-state index contributed by atoms with van der Waals surface area (Å²) in [6.07, 6.45) is -0.965. The lowest BCUT2D eigenvalue weighted by Crippen LogP contribution is -2.32. The van der Waals surface area contributed by atoms with Gasteiger partial charge in [0.15, 0.2) is 0 Å². The van der Waals surface area contributed by atoms with Crippen molar-refractivity contribution in [2.24, 2.45) is 5.73 Å². The highest BCUT2D eigenvalue weighted by molar-refractivity contribution is 5.68. The average molecular weight is 365 g/mol. The predicted molar refractivity (Wildman–Crippen MR) is 100 cm³/mol. The molecule has 0 fully saturated rings. The van der Waals surface area contributed by atoms with E-state index in [2.05, 4.69) is 10.6 Å². The summed E-state index contributed by atoms with van der Waals surface area (Å²) in [5.74, 6) is 0. The average Bonchev–Trinajstić information content (AvgIpc) is 2.47. The van der Waals surface area contributed by atoms with Crippen LogP contribution in [0.4, 0.5) is 9.59 Å². The molecule has 0 aliphatic rings. The van der Waals surface area contributed by atoms with Gasteiger partial charge in [-0.3, -0.25) is 0 Å². The van der Waals surface area contributed by atoms with Crippen LogP contribution in [0.25, 0.3) is 0 Å². The summed E-state index contributed by atoms with van der Waals surface area (Å²) in [7, 11) is 0. The van der Waals surface area contributed by atoms with E-state index >= 15 is 0 Å². The normalized spacial score (nSPS) is 11.7. The maximum absolute atomic E-state index is 11.8. The number of hydrogen-bond acceptors (Lipinski definition) is 5. The highest BCUT2D eigenvalue weighted by Gasteiger charge is 2.17. The molecule has 146 valence electrons. The molecule has 1 rings (SSSR count). The summed E-state index contributed by atoms with van der Waals surface area (Å²) in [6.45, 7) is 11.8. The second-order valence-corrected chi connectivity index (χ2v) is 8.07. The molecule has 0 aromatic heterocycles. The first kappa shape index (κ1) is 21.8. The summed E-state index contributed by atoms with van der Waals surface area (Å²) in [5.41, 5.74) is 7.30. The second-order valence-electron chi connectivity index (χ2n) is 8.07. The van der Waals surface area contributed by atoms with Crippen molar-refractivity contribution in [2.75, 3.05) is 0 Å². The molecule has 7 nitrogen and oxygen atoms in total. The minimum absolute atomic E-state index is 0.308. The van der Waals surface area contributed by atoms with Gasteiger partial charge >= 0.3 is 12.2 Å². The number of nitrogens with one attached hydrogen (secondary N) is 2. The Morgan fingerprint density at radius 1 is 0.808 bits per heavy atom. The Hall–Kier alpha value is -2.28. The zero-order chi connectivity index (χ0) is 20.0. The van der Waals surface area contributed by atoms with Crippen LogP contribution in [0.5, 0.6) is 0 Å². The number of carbonyl (C=O) groups is 2. The van der Waals surface area contributed by atoms with Gasteiger partial charge in [-0.15, -0.1) is 0 Å². The summed E-state index contributed by atoms with van der Waals surface area (Å²) in [4.78, 5) is 23.6. The first-order chi connectivity index (χ1) is 11.9. The Bertz CT molecular complexity index is 580. The molecule has 0 atom stereocenters. The molecule has 0 saturated carbocycles. The molecule has 1 aromatic rings. The molecular formula is C19H31N3O4. The van der Waals surface area contributed by atoms with Gasteiger partial charge < -0.3 is 25.8 Å². The van der Waals surface area contributed by atoms with Crippen molar-refractivity contribution >= 4 is 12.2 Å². The Balaban J connectivity index is 2.70. The van der Waals surface area contributed by atoms with Gasteiger partial charge in [-0.2, -0.15) is 0 Å². The van der Waals surface area contributed by atoms with Gasteiger partial charge in [0, 0.05) is 19.6 Å². The molecule has 0 radical (unpaired) electrons. The fourth-order valence-corrected chi connectivity index (χ4v) is 2.14. The van der Waals surface area contributed by atoms with Crippen molar-refractivity contribution in [2.45, 2.75) is 72.4 Å². The molecule has 26 heavy (non-hydrogen) atoms. The van der Waals surface area contributed by atoms with E-state index in [0.717, 1.165) is 16.7 Å². The minimum Gasteiger partial charge on any atom is -0.444 e. The van der Waals surface area contributed by atoms with Crippen molar-refractivity contribution in [1.29, 1.82) is 0 Å². The van der Waals surface area contributed by atoms with Crippen LogP contribution in [0, 0.1) is 0 Å². The molecule has 0 saturated heterocycles. The Morgan fingerprint density at radius 2 is 1.15 bits per heavy atom. The Morgan fingerprint density at radius 3 is 1.46 bits per heavy atom. The van der Waals surface area contributed by atoms with E-state index in [4.69, 9.17) is 15.2 Å². The molecule has 7 heteroatoms. The fraction of sp³-hybridized carbons (Fsp3) is 0.579. The van der Waals surface area contributed by atoms with Gasteiger partial charge in [0.2, 0.25) is 0 Å². The second kappa shape index (κ2) is 8.89. The maximum Gasteiger partial charge on any atom is 0.407 e. The van der Waals surface area contributed by atoms with Crippen LogP contribution in [0.15, 0.2) is 18.2 Å². The Kier molecular flexibility index (Phi) is 7.44. The van der Waals surface area contributed by atoms with Gasteiger partial charge in [-0.05, 0) is 58.2 Å². The van der Waals surface area contributed by atoms with Gasteiger partial charge in [0.1, 0.15) is 11.2 Å². The number of alkyl carbamates (subject to hydrolysis) is 2. The predicted octanol–water partition coefficient (Wildman–Crippen LogP) is 3.19. The molecule has 0 unspecified atom stereocenters. The largest absolute Gasteiger partial charge is 0.444 e.